The first-order valence-corrected chi connectivity index (χ1v) is 7.30. The van der Waals surface area contributed by atoms with Crippen LogP contribution in [-0.2, 0) is 4.79 Å². The summed E-state index contributed by atoms with van der Waals surface area (Å²) in [6.45, 7) is 3.05. The van der Waals surface area contributed by atoms with Gasteiger partial charge in [-0.25, -0.2) is 4.39 Å². The van der Waals surface area contributed by atoms with Gasteiger partial charge in [-0.1, -0.05) is 17.8 Å². The molecule has 110 valence electrons. The number of aliphatic hydroxyl groups is 1. The van der Waals surface area contributed by atoms with E-state index in [0.717, 1.165) is 4.90 Å². The van der Waals surface area contributed by atoms with Crippen LogP contribution < -0.4 is 5.32 Å². The predicted molar refractivity (Wildman–Crippen MR) is 81.9 cm³/mol. The van der Waals surface area contributed by atoms with Crippen molar-refractivity contribution in [1.29, 1.82) is 0 Å². The number of anilines is 1. The SMILES string of the molecule is CC(=O)Nc1ccc(Sc2ccc(C(C)O)cc2F)cc1. The molecule has 2 N–H and O–H groups in total. The number of halogens is 1. The summed E-state index contributed by atoms with van der Waals surface area (Å²) < 4.78 is 14.0. The molecule has 0 aliphatic heterocycles. The van der Waals surface area contributed by atoms with E-state index < -0.39 is 6.10 Å². The number of aliphatic hydroxyl groups excluding tert-OH is 1. The predicted octanol–water partition coefficient (Wildman–Crippen LogP) is 3.99. The van der Waals surface area contributed by atoms with E-state index in [0.29, 0.717) is 16.1 Å². The lowest BCUT2D eigenvalue weighted by atomic mass is 10.1. The molecule has 21 heavy (non-hydrogen) atoms. The fourth-order valence-electron chi connectivity index (χ4n) is 1.80. The van der Waals surface area contributed by atoms with Crippen LogP contribution in [0.5, 0.6) is 0 Å². The van der Waals surface area contributed by atoms with E-state index in [1.807, 2.05) is 12.1 Å². The maximum atomic E-state index is 14.0. The molecule has 2 rings (SSSR count). The molecule has 1 amide bonds. The highest BCUT2D eigenvalue weighted by atomic mass is 32.2. The minimum absolute atomic E-state index is 0.129. The number of benzene rings is 2. The van der Waals surface area contributed by atoms with Gasteiger partial charge in [-0.15, -0.1) is 0 Å². The molecule has 0 fully saturated rings. The Morgan fingerprint density at radius 1 is 1.24 bits per heavy atom. The average Bonchev–Trinajstić information content (AvgIpc) is 2.42. The molecule has 0 aliphatic rings. The first kappa shape index (κ1) is 15.5. The average molecular weight is 305 g/mol. The molecular weight excluding hydrogens is 289 g/mol. The second-order valence-corrected chi connectivity index (χ2v) is 5.79. The van der Waals surface area contributed by atoms with Gasteiger partial charge in [0, 0.05) is 22.4 Å². The van der Waals surface area contributed by atoms with Gasteiger partial charge < -0.3 is 10.4 Å². The maximum Gasteiger partial charge on any atom is 0.221 e. The molecule has 0 saturated carbocycles. The van der Waals surface area contributed by atoms with Crippen molar-refractivity contribution in [3.05, 3.63) is 53.8 Å². The third kappa shape index (κ3) is 4.31. The number of carbonyl (C=O) groups is 1. The van der Waals surface area contributed by atoms with Gasteiger partial charge in [0.25, 0.3) is 0 Å². The van der Waals surface area contributed by atoms with Crippen LogP contribution in [0.4, 0.5) is 10.1 Å². The molecule has 0 radical (unpaired) electrons. The Morgan fingerprint density at radius 3 is 2.43 bits per heavy atom. The molecule has 0 saturated heterocycles. The second kappa shape index (κ2) is 6.74. The fraction of sp³-hybridized carbons (Fsp3) is 0.188. The van der Waals surface area contributed by atoms with Crippen molar-refractivity contribution in [2.45, 2.75) is 29.7 Å². The number of hydrogen-bond acceptors (Lipinski definition) is 3. The number of rotatable bonds is 4. The van der Waals surface area contributed by atoms with E-state index in [1.165, 1.54) is 24.8 Å². The number of amides is 1. The Kier molecular flexibility index (Phi) is 4.98. The Labute approximate surface area is 127 Å². The van der Waals surface area contributed by atoms with Crippen LogP contribution in [-0.4, -0.2) is 11.0 Å². The van der Waals surface area contributed by atoms with Crippen molar-refractivity contribution in [3.63, 3.8) is 0 Å². The summed E-state index contributed by atoms with van der Waals surface area (Å²) in [6.07, 6.45) is -0.685. The van der Waals surface area contributed by atoms with Gasteiger partial charge in [-0.2, -0.15) is 0 Å². The zero-order valence-electron chi connectivity index (χ0n) is 11.8. The molecule has 1 unspecified atom stereocenters. The molecule has 0 heterocycles. The van der Waals surface area contributed by atoms with Crippen LogP contribution in [0.2, 0.25) is 0 Å². The van der Waals surface area contributed by atoms with E-state index in [-0.39, 0.29) is 11.7 Å². The van der Waals surface area contributed by atoms with E-state index in [1.54, 1.807) is 31.2 Å². The molecule has 0 bridgehead atoms. The van der Waals surface area contributed by atoms with Crippen molar-refractivity contribution >= 4 is 23.4 Å². The topological polar surface area (TPSA) is 49.3 Å². The molecule has 2 aromatic rings. The largest absolute Gasteiger partial charge is 0.389 e. The van der Waals surface area contributed by atoms with Crippen LogP contribution >= 0.6 is 11.8 Å². The molecule has 0 spiro atoms. The lowest BCUT2D eigenvalue weighted by molar-refractivity contribution is -0.114. The summed E-state index contributed by atoms with van der Waals surface area (Å²) in [5.41, 5.74) is 1.26. The first-order valence-electron chi connectivity index (χ1n) is 6.48. The lowest BCUT2D eigenvalue weighted by Gasteiger charge is -2.08. The van der Waals surface area contributed by atoms with Crippen molar-refractivity contribution in [2.24, 2.45) is 0 Å². The third-order valence-electron chi connectivity index (χ3n) is 2.84. The van der Waals surface area contributed by atoms with Crippen LogP contribution in [0.25, 0.3) is 0 Å². The Balaban J connectivity index is 2.13. The van der Waals surface area contributed by atoms with E-state index >= 15 is 0 Å². The zero-order valence-corrected chi connectivity index (χ0v) is 12.6. The van der Waals surface area contributed by atoms with Gasteiger partial charge in [0.15, 0.2) is 0 Å². The standard InChI is InChI=1S/C16H16FNO2S/c1-10(19)12-3-8-16(15(17)9-12)21-14-6-4-13(5-7-14)18-11(2)20/h3-10,19H,1-2H3,(H,18,20). The minimum Gasteiger partial charge on any atom is -0.389 e. The smallest absolute Gasteiger partial charge is 0.221 e. The molecule has 3 nitrogen and oxygen atoms in total. The summed E-state index contributed by atoms with van der Waals surface area (Å²) in [7, 11) is 0. The van der Waals surface area contributed by atoms with Gasteiger partial charge in [0.05, 0.1) is 6.10 Å². The first-order chi connectivity index (χ1) is 9.95. The number of hydrogen-bond donors (Lipinski definition) is 2. The summed E-state index contributed by atoms with van der Waals surface area (Å²) in [5, 5.41) is 12.1. The second-order valence-electron chi connectivity index (χ2n) is 4.67. The molecule has 0 aliphatic carbocycles. The molecule has 0 aromatic heterocycles. The Bertz CT molecular complexity index is 641. The molecule has 5 heteroatoms. The summed E-state index contributed by atoms with van der Waals surface area (Å²) >= 11 is 1.29. The summed E-state index contributed by atoms with van der Waals surface area (Å²) in [4.78, 5) is 12.3. The van der Waals surface area contributed by atoms with Crippen LogP contribution in [0.15, 0.2) is 52.3 Å². The van der Waals surface area contributed by atoms with Crippen LogP contribution in [0.1, 0.15) is 25.5 Å². The molecule has 2 aromatic carbocycles. The van der Waals surface area contributed by atoms with Gasteiger partial charge in [-0.05, 0) is 48.9 Å². The quantitative estimate of drug-likeness (QED) is 0.898. The normalized spacial score (nSPS) is 12.0. The molecule has 1 atom stereocenters. The van der Waals surface area contributed by atoms with E-state index in [4.69, 9.17) is 0 Å². The van der Waals surface area contributed by atoms with Crippen molar-refractivity contribution < 1.29 is 14.3 Å². The van der Waals surface area contributed by atoms with Gasteiger partial charge in [0.1, 0.15) is 5.82 Å². The van der Waals surface area contributed by atoms with Crippen molar-refractivity contribution in [2.75, 3.05) is 5.32 Å². The Morgan fingerprint density at radius 2 is 1.90 bits per heavy atom. The van der Waals surface area contributed by atoms with Gasteiger partial charge >= 0.3 is 0 Å². The Hall–Kier alpha value is -1.85. The maximum absolute atomic E-state index is 14.0. The fourth-order valence-corrected chi connectivity index (χ4v) is 2.61. The highest BCUT2D eigenvalue weighted by Crippen LogP contribution is 2.31. The van der Waals surface area contributed by atoms with E-state index in [2.05, 4.69) is 5.32 Å². The van der Waals surface area contributed by atoms with Crippen molar-refractivity contribution in [1.82, 2.24) is 0 Å². The van der Waals surface area contributed by atoms with Gasteiger partial charge in [0.2, 0.25) is 5.91 Å². The third-order valence-corrected chi connectivity index (χ3v) is 3.90. The highest BCUT2D eigenvalue weighted by Gasteiger charge is 2.08. The van der Waals surface area contributed by atoms with Crippen LogP contribution in [0.3, 0.4) is 0 Å². The summed E-state index contributed by atoms with van der Waals surface area (Å²) in [6, 6.07) is 11.9. The van der Waals surface area contributed by atoms with E-state index in [9.17, 15) is 14.3 Å². The minimum atomic E-state index is -0.685. The van der Waals surface area contributed by atoms with Crippen molar-refractivity contribution in [3.8, 4) is 0 Å². The van der Waals surface area contributed by atoms with Gasteiger partial charge in [-0.3, -0.25) is 4.79 Å². The number of nitrogens with one attached hydrogen (secondary N) is 1. The lowest BCUT2D eigenvalue weighted by Crippen LogP contribution is -2.05. The number of carbonyl (C=O) groups excluding carboxylic acids is 1. The molecular formula is C16H16FNO2S. The van der Waals surface area contributed by atoms with Crippen LogP contribution in [0, 0.1) is 5.82 Å². The highest BCUT2D eigenvalue weighted by molar-refractivity contribution is 7.99. The summed E-state index contributed by atoms with van der Waals surface area (Å²) in [5.74, 6) is -0.487. The monoisotopic (exact) mass is 305 g/mol. The zero-order chi connectivity index (χ0) is 15.4.